The molecule has 0 radical (unpaired) electrons. The van der Waals surface area contributed by atoms with Gasteiger partial charge in [-0.05, 0) is 38.2 Å². The second kappa shape index (κ2) is 4.54. The van der Waals surface area contributed by atoms with Crippen molar-refractivity contribution in [3.63, 3.8) is 0 Å². The Kier molecular flexibility index (Phi) is 2.88. The van der Waals surface area contributed by atoms with E-state index in [-0.39, 0.29) is 6.04 Å². The number of aromatic nitrogens is 2. The molecule has 1 saturated carbocycles. The summed E-state index contributed by atoms with van der Waals surface area (Å²) in [7, 11) is 0. The third kappa shape index (κ3) is 2.29. The summed E-state index contributed by atoms with van der Waals surface area (Å²) in [4.78, 5) is 8.52. The van der Waals surface area contributed by atoms with Crippen molar-refractivity contribution in [2.24, 2.45) is 5.92 Å². The Balaban J connectivity index is 1.75. The van der Waals surface area contributed by atoms with E-state index in [1.54, 1.807) is 6.07 Å². The first-order chi connectivity index (χ1) is 8.76. The quantitative estimate of drug-likeness (QED) is 0.875. The van der Waals surface area contributed by atoms with Crippen LogP contribution in [-0.2, 0) is 4.74 Å². The van der Waals surface area contributed by atoms with Crippen molar-refractivity contribution in [2.45, 2.75) is 38.3 Å². The van der Waals surface area contributed by atoms with Gasteiger partial charge < -0.3 is 10.1 Å². The lowest BCUT2D eigenvalue weighted by Gasteiger charge is -2.19. The number of nitrogens with one attached hydrogen (secondary N) is 1. The van der Waals surface area contributed by atoms with Gasteiger partial charge in [-0.2, -0.15) is 5.26 Å². The summed E-state index contributed by atoms with van der Waals surface area (Å²) in [5.74, 6) is 1.25. The largest absolute Gasteiger partial charge is 0.376 e. The highest BCUT2D eigenvalue weighted by atomic mass is 16.5. The molecule has 3 rings (SSSR count). The van der Waals surface area contributed by atoms with Gasteiger partial charge in [0.25, 0.3) is 0 Å². The fraction of sp³-hybridized carbons (Fsp3) is 0.615. The van der Waals surface area contributed by atoms with Gasteiger partial charge in [0.15, 0.2) is 0 Å². The molecule has 1 N–H and O–H groups in total. The number of aryl methyl sites for hydroxylation is 1. The maximum absolute atomic E-state index is 8.90. The lowest BCUT2D eigenvalue weighted by atomic mass is 10.1. The second-order valence-corrected chi connectivity index (χ2v) is 5.04. The minimum absolute atomic E-state index is 0.283. The number of ether oxygens (including phenoxy) is 1. The third-order valence-corrected chi connectivity index (χ3v) is 3.51. The van der Waals surface area contributed by atoms with E-state index in [4.69, 9.17) is 10.00 Å². The zero-order chi connectivity index (χ0) is 12.5. The molecule has 5 heteroatoms. The van der Waals surface area contributed by atoms with E-state index in [1.807, 2.05) is 6.92 Å². The predicted molar refractivity (Wildman–Crippen MR) is 66.0 cm³/mol. The Morgan fingerprint density at radius 1 is 1.39 bits per heavy atom. The lowest BCUT2D eigenvalue weighted by molar-refractivity contribution is 0.0897. The van der Waals surface area contributed by atoms with Gasteiger partial charge in [0.05, 0.1) is 12.1 Å². The minimum atomic E-state index is 0.283. The first-order valence-corrected chi connectivity index (χ1v) is 6.40. The van der Waals surface area contributed by atoms with Crippen LogP contribution < -0.4 is 5.32 Å². The van der Waals surface area contributed by atoms with E-state index in [0.717, 1.165) is 18.7 Å². The molecule has 1 aliphatic carbocycles. The van der Waals surface area contributed by atoms with E-state index < -0.39 is 0 Å². The van der Waals surface area contributed by atoms with Crippen molar-refractivity contribution in [3.05, 3.63) is 17.5 Å². The molecule has 0 aromatic carbocycles. The Labute approximate surface area is 106 Å². The summed E-state index contributed by atoms with van der Waals surface area (Å²) in [6.07, 6.45) is 3.81. The summed E-state index contributed by atoms with van der Waals surface area (Å²) in [6.45, 7) is 2.67. The molecular weight excluding hydrogens is 228 g/mol. The van der Waals surface area contributed by atoms with Gasteiger partial charge >= 0.3 is 0 Å². The van der Waals surface area contributed by atoms with Gasteiger partial charge in [-0.3, -0.25) is 0 Å². The van der Waals surface area contributed by atoms with Gasteiger partial charge in [0, 0.05) is 12.3 Å². The van der Waals surface area contributed by atoms with Gasteiger partial charge in [0.1, 0.15) is 11.8 Å². The van der Waals surface area contributed by atoms with Crippen molar-refractivity contribution in [2.75, 3.05) is 11.9 Å². The molecule has 5 nitrogen and oxygen atoms in total. The normalized spacial score (nSPS) is 26.9. The van der Waals surface area contributed by atoms with Crippen LogP contribution in [0.1, 0.15) is 30.7 Å². The number of hydrogen-bond acceptors (Lipinski definition) is 5. The van der Waals surface area contributed by atoms with E-state index in [9.17, 15) is 0 Å². The maximum Gasteiger partial charge on any atom is 0.224 e. The van der Waals surface area contributed by atoms with Crippen LogP contribution in [0, 0.1) is 24.2 Å². The number of hydrogen-bond donors (Lipinski definition) is 1. The van der Waals surface area contributed by atoms with Crippen molar-refractivity contribution in [1.82, 2.24) is 9.97 Å². The first-order valence-electron chi connectivity index (χ1n) is 6.40. The molecule has 1 aromatic rings. The van der Waals surface area contributed by atoms with Crippen LogP contribution in [0.5, 0.6) is 0 Å². The number of anilines is 1. The predicted octanol–water partition coefficient (Wildman–Crippen LogP) is 1.64. The topological polar surface area (TPSA) is 70.8 Å². The molecule has 2 fully saturated rings. The monoisotopic (exact) mass is 244 g/mol. The highest BCUT2D eigenvalue weighted by Crippen LogP contribution is 2.39. The fourth-order valence-electron chi connectivity index (χ4n) is 2.51. The van der Waals surface area contributed by atoms with Crippen LogP contribution in [0.3, 0.4) is 0 Å². The standard InChI is InChI=1S/C13H16N4O/c1-8-6-10(7-14)16-13(15-8)17-11-4-5-18-12(11)9-2-3-9/h6,9,11-12H,2-5H2,1H3,(H,15,16,17). The number of nitrogens with zero attached hydrogens (tertiary/aromatic N) is 3. The molecule has 1 aliphatic heterocycles. The van der Waals surface area contributed by atoms with Gasteiger partial charge in [0.2, 0.25) is 5.95 Å². The molecule has 1 saturated heterocycles. The van der Waals surface area contributed by atoms with E-state index >= 15 is 0 Å². The Morgan fingerprint density at radius 2 is 2.22 bits per heavy atom. The van der Waals surface area contributed by atoms with Crippen LogP contribution in [-0.4, -0.2) is 28.7 Å². The Morgan fingerprint density at radius 3 is 2.94 bits per heavy atom. The SMILES string of the molecule is Cc1cc(C#N)nc(NC2CCOC2C2CC2)n1. The van der Waals surface area contributed by atoms with Crippen LogP contribution in [0.25, 0.3) is 0 Å². The number of rotatable bonds is 3. The summed E-state index contributed by atoms with van der Waals surface area (Å²) >= 11 is 0. The maximum atomic E-state index is 8.90. The molecular formula is C13H16N4O. The van der Waals surface area contributed by atoms with Gasteiger partial charge in [-0.1, -0.05) is 0 Å². The van der Waals surface area contributed by atoms with Crippen LogP contribution in [0.4, 0.5) is 5.95 Å². The summed E-state index contributed by atoms with van der Waals surface area (Å²) in [5, 5.41) is 12.2. The molecule has 0 bridgehead atoms. The lowest BCUT2D eigenvalue weighted by Crippen LogP contribution is -2.31. The highest BCUT2D eigenvalue weighted by molar-refractivity contribution is 5.34. The third-order valence-electron chi connectivity index (χ3n) is 3.51. The van der Waals surface area contributed by atoms with Crippen molar-refractivity contribution < 1.29 is 4.74 Å². The molecule has 94 valence electrons. The Bertz CT molecular complexity index is 492. The average molecular weight is 244 g/mol. The molecule has 2 unspecified atom stereocenters. The Hall–Kier alpha value is -1.67. The second-order valence-electron chi connectivity index (χ2n) is 5.04. The number of nitriles is 1. The van der Waals surface area contributed by atoms with Crippen LogP contribution in [0.2, 0.25) is 0 Å². The first kappa shape index (κ1) is 11.4. The summed E-state index contributed by atoms with van der Waals surface area (Å²) in [5.41, 5.74) is 1.22. The molecule has 2 heterocycles. The van der Waals surface area contributed by atoms with Crippen molar-refractivity contribution >= 4 is 5.95 Å². The average Bonchev–Trinajstić information content (AvgIpc) is 3.10. The molecule has 18 heavy (non-hydrogen) atoms. The zero-order valence-corrected chi connectivity index (χ0v) is 10.4. The van der Waals surface area contributed by atoms with Crippen LogP contribution >= 0.6 is 0 Å². The zero-order valence-electron chi connectivity index (χ0n) is 10.4. The molecule has 2 atom stereocenters. The minimum Gasteiger partial charge on any atom is -0.376 e. The van der Waals surface area contributed by atoms with E-state index in [1.165, 1.54) is 12.8 Å². The van der Waals surface area contributed by atoms with Crippen LogP contribution in [0.15, 0.2) is 6.07 Å². The molecule has 0 amide bonds. The molecule has 2 aliphatic rings. The molecule has 1 aromatic heterocycles. The molecule has 0 spiro atoms. The smallest absolute Gasteiger partial charge is 0.224 e. The van der Waals surface area contributed by atoms with Gasteiger partial charge in [-0.15, -0.1) is 0 Å². The van der Waals surface area contributed by atoms with Crippen molar-refractivity contribution in [3.8, 4) is 6.07 Å². The van der Waals surface area contributed by atoms with Crippen molar-refractivity contribution in [1.29, 1.82) is 5.26 Å². The van der Waals surface area contributed by atoms with E-state index in [2.05, 4.69) is 21.4 Å². The highest BCUT2D eigenvalue weighted by Gasteiger charge is 2.40. The van der Waals surface area contributed by atoms with Gasteiger partial charge in [-0.25, -0.2) is 9.97 Å². The van der Waals surface area contributed by atoms with E-state index in [0.29, 0.717) is 23.7 Å². The summed E-state index contributed by atoms with van der Waals surface area (Å²) < 4.78 is 5.77. The summed E-state index contributed by atoms with van der Waals surface area (Å²) in [6, 6.07) is 4.03. The fourth-order valence-corrected chi connectivity index (χ4v) is 2.51.